The summed E-state index contributed by atoms with van der Waals surface area (Å²) in [4.78, 5) is 16.1. The first kappa shape index (κ1) is 14.3. The summed E-state index contributed by atoms with van der Waals surface area (Å²) in [6, 6.07) is 0. The summed E-state index contributed by atoms with van der Waals surface area (Å²) in [5.41, 5.74) is 7.42. The number of hydrogen-bond acceptors (Lipinski definition) is 5. The molecule has 0 aromatic carbocycles. The van der Waals surface area contributed by atoms with E-state index < -0.39 is 5.97 Å². The van der Waals surface area contributed by atoms with Crippen molar-refractivity contribution in [3.63, 3.8) is 0 Å². The molecule has 6 nitrogen and oxygen atoms in total. The largest absolute Gasteiger partial charge is 0.462 e. The summed E-state index contributed by atoms with van der Waals surface area (Å²) in [5, 5.41) is 5.00. The van der Waals surface area contributed by atoms with Crippen molar-refractivity contribution in [2.45, 2.75) is 39.7 Å². The van der Waals surface area contributed by atoms with Crippen LogP contribution >= 0.6 is 0 Å². The third-order valence-corrected chi connectivity index (χ3v) is 3.18. The summed E-state index contributed by atoms with van der Waals surface area (Å²) in [7, 11) is 0. The Morgan fingerprint density at radius 3 is 2.85 bits per heavy atom. The predicted molar refractivity (Wildman–Crippen MR) is 77.4 cm³/mol. The van der Waals surface area contributed by atoms with Gasteiger partial charge in [0.1, 0.15) is 5.56 Å². The predicted octanol–water partition coefficient (Wildman–Crippen LogP) is 2.38. The Hall–Kier alpha value is -2.11. The molecule has 20 heavy (non-hydrogen) atoms. The number of ether oxygens (including phenoxy) is 1. The van der Waals surface area contributed by atoms with Crippen molar-refractivity contribution < 1.29 is 9.53 Å². The first-order valence-corrected chi connectivity index (χ1v) is 6.96. The van der Waals surface area contributed by atoms with E-state index in [9.17, 15) is 4.79 Å². The minimum atomic E-state index is -0.446. The number of carbonyl (C=O) groups excluding carboxylic acids is 1. The minimum Gasteiger partial charge on any atom is -0.462 e. The molecule has 0 atom stereocenters. The topological polar surface area (TPSA) is 83.0 Å². The van der Waals surface area contributed by atoms with E-state index >= 15 is 0 Å². The lowest BCUT2D eigenvalue weighted by atomic mass is 10.2. The summed E-state index contributed by atoms with van der Waals surface area (Å²) in [5.74, 6) is -0.446. The third-order valence-electron chi connectivity index (χ3n) is 3.18. The molecule has 0 amide bonds. The van der Waals surface area contributed by atoms with Crippen molar-refractivity contribution in [1.29, 1.82) is 0 Å². The maximum Gasteiger partial charge on any atom is 0.341 e. The molecule has 0 saturated carbocycles. The SMILES string of the molecule is CCCCCn1ncc2c(N)c(C(=O)OCC)cnc21. The van der Waals surface area contributed by atoms with Gasteiger partial charge in [-0.15, -0.1) is 0 Å². The van der Waals surface area contributed by atoms with Crippen LogP contribution in [0.1, 0.15) is 43.5 Å². The maximum absolute atomic E-state index is 11.8. The van der Waals surface area contributed by atoms with Crippen molar-refractivity contribution in [3.05, 3.63) is 18.0 Å². The Balaban J connectivity index is 2.31. The van der Waals surface area contributed by atoms with Gasteiger partial charge in [-0.25, -0.2) is 14.5 Å². The molecule has 0 bridgehead atoms. The van der Waals surface area contributed by atoms with Gasteiger partial charge >= 0.3 is 5.97 Å². The maximum atomic E-state index is 11.8. The smallest absolute Gasteiger partial charge is 0.341 e. The third kappa shape index (κ3) is 2.74. The van der Waals surface area contributed by atoms with Gasteiger partial charge in [-0.05, 0) is 13.3 Å². The number of esters is 1. The molecule has 0 fully saturated rings. The van der Waals surface area contributed by atoms with Crippen LogP contribution in [0.15, 0.2) is 12.4 Å². The summed E-state index contributed by atoms with van der Waals surface area (Å²) < 4.78 is 6.79. The van der Waals surface area contributed by atoms with E-state index in [-0.39, 0.29) is 0 Å². The molecular weight excluding hydrogens is 256 g/mol. The lowest BCUT2D eigenvalue weighted by Gasteiger charge is -2.06. The molecule has 0 aliphatic carbocycles. The van der Waals surface area contributed by atoms with E-state index in [1.807, 2.05) is 4.68 Å². The molecule has 0 saturated heterocycles. The van der Waals surface area contributed by atoms with E-state index in [4.69, 9.17) is 10.5 Å². The number of aromatic nitrogens is 3. The Labute approximate surface area is 117 Å². The van der Waals surface area contributed by atoms with Gasteiger partial charge in [0.15, 0.2) is 5.65 Å². The molecule has 2 aromatic rings. The van der Waals surface area contributed by atoms with Crippen LogP contribution in [0.4, 0.5) is 5.69 Å². The highest BCUT2D eigenvalue weighted by molar-refractivity contribution is 6.03. The molecule has 2 aromatic heterocycles. The zero-order valence-corrected chi connectivity index (χ0v) is 11.9. The number of fused-ring (bicyclic) bond motifs is 1. The second-order valence-electron chi connectivity index (χ2n) is 4.62. The van der Waals surface area contributed by atoms with E-state index in [2.05, 4.69) is 17.0 Å². The zero-order valence-electron chi connectivity index (χ0n) is 11.9. The Morgan fingerprint density at radius 1 is 1.35 bits per heavy atom. The minimum absolute atomic E-state index is 0.299. The lowest BCUT2D eigenvalue weighted by Crippen LogP contribution is -2.09. The fourth-order valence-electron chi connectivity index (χ4n) is 2.09. The van der Waals surface area contributed by atoms with Crippen LogP contribution in [0, 0.1) is 0 Å². The van der Waals surface area contributed by atoms with Crippen molar-refractivity contribution in [3.8, 4) is 0 Å². The van der Waals surface area contributed by atoms with Crippen molar-refractivity contribution in [1.82, 2.24) is 14.8 Å². The molecule has 0 aliphatic heterocycles. The first-order chi connectivity index (χ1) is 9.69. The number of nitrogens with two attached hydrogens (primary N) is 1. The average Bonchev–Trinajstić information content (AvgIpc) is 2.84. The van der Waals surface area contributed by atoms with Gasteiger partial charge in [-0.3, -0.25) is 0 Å². The highest BCUT2D eigenvalue weighted by atomic mass is 16.5. The fraction of sp³-hybridized carbons (Fsp3) is 0.500. The second-order valence-corrected chi connectivity index (χ2v) is 4.62. The molecule has 2 heterocycles. The molecule has 0 unspecified atom stereocenters. The number of nitrogen functional groups attached to an aromatic ring is 1. The fourth-order valence-corrected chi connectivity index (χ4v) is 2.09. The first-order valence-electron chi connectivity index (χ1n) is 6.96. The van der Waals surface area contributed by atoms with Crippen LogP contribution in [0.25, 0.3) is 11.0 Å². The van der Waals surface area contributed by atoms with Crippen LogP contribution < -0.4 is 5.73 Å². The quantitative estimate of drug-likeness (QED) is 0.647. The molecule has 0 aliphatic rings. The lowest BCUT2D eigenvalue weighted by molar-refractivity contribution is 0.0527. The second kappa shape index (κ2) is 6.36. The summed E-state index contributed by atoms with van der Waals surface area (Å²) in [6.45, 7) is 5.03. The van der Waals surface area contributed by atoms with E-state index in [0.29, 0.717) is 28.9 Å². The number of aryl methyl sites for hydroxylation is 1. The number of anilines is 1. The number of pyridine rings is 1. The van der Waals surface area contributed by atoms with Crippen molar-refractivity contribution in [2.75, 3.05) is 12.3 Å². The summed E-state index contributed by atoms with van der Waals surface area (Å²) in [6.07, 6.45) is 6.48. The van der Waals surface area contributed by atoms with Crippen LogP contribution in [-0.2, 0) is 11.3 Å². The molecule has 6 heteroatoms. The van der Waals surface area contributed by atoms with E-state index in [1.54, 1.807) is 13.1 Å². The molecular formula is C14H20N4O2. The monoisotopic (exact) mass is 276 g/mol. The number of rotatable bonds is 6. The van der Waals surface area contributed by atoms with Gasteiger partial charge in [-0.1, -0.05) is 19.8 Å². The van der Waals surface area contributed by atoms with Gasteiger partial charge < -0.3 is 10.5 Å². The normalized spacial score (nSPS) is 10.9. The molecule has 2 rings (SSSR count). The van der Waals surface area contributed by atoms with E-state index in [0.717, 1.165) is 25.8 Å². The highest BCUT2D eigenvalue weighted by Gasteiger charge is 2.16. The average molecular weight is 276 g/mol. The van der Waals surface area contributed by atoms with Crippen LogP contribution in [0.2, 0.25) is 0 Å². The van der Waals surface area contributed by atoms with Crippen LogP contribution in [0.3, 0.4) is 0 Å². The number of nitrogens with zero attached hydrogens (tertiary/aromatic N) is 3. The number of carbonyl (C=O) groups is 1. The van der Waals surface area contributed by atoms with Gasteiger partial charge in [0.25, 0.3) is 0 Å². The van der Waals surface area contributed by atoms with Gasteiger partial charge in [0.05, 0.1) is 23.9 Å². The number of hydrogen-bond donors (Lipinski definition) is 1. The van der Waals surface area contributed by atoms with E-state index in [1.165, 1.54) is 6.20 Å². The molecule has 0 spiro atoms. The van der Waals surface area contributed by atoms with Gasteiger partial charge in [0.2, 0.25) is 0 Å². The molecule has 0 radical (unpaired) electrons. The van der Waals surface area contributed by atoms with Crippen LogP contribution in [0.5, 0.6) is 0 Å². The standard InChI is InChI=1S/C14H20N4O2/c1-3-5-6-7-18-13-10(9-17-18)12(15)11(8-16-13)14(19)20-4-2/h8-9H,3-7H2,1-2H3,(H2,15,16). The highest BCUT2D eigenvalue weighted by Crippen LogP contribution is 2.23. The Bertz CT molecular complexity index is 606. The summed E-state index contributed by atoms with van der Waals surface area (Å²) >= 11 is 0. The van der Waals surface area contributed by atoms with Crippen LogP contribution in [-0.4, -0.2) is 27.3 Å². The Kier molecular flexibility index (Phi) is 4.55. The zero-order chi connectivity index (χ0) is 14.5. The van der Waals surface area contributed by atoms with Gasteiger partial charge in [-0.2, -0.15) is 5.10 Å². The van der Waals surface area contributed by atoms with Gasteiger partial charge in [0, 0.05) is 12.7 Å². The number of unbranched alkanes of at least 4 members (excludes halogenated alkanes) is 2. The molecule has 2 N–H and O–H groups in total. The molecule has 108 valence electrons. The Morgan fingerprint density at radius 2 is 2.15 bits per heavy atom. The van der Waals surface area contributed by atoms with Crippen molar-refractivity contribution >= 4 is 22.7 Å². The van der Waals surface area contributed by atoms with Crippen molar-refractivity contribution in [2.24, 2.45) is 0 Å².